The van der Waals surface area contributed by atoms with Gasteiger partial charge in [-0.3, -0.25) is 14.5 Å². The SMILES string of the molecule is Cc1ccc(/C(O)=C2/C(=O)C(=O)N(c3ccc(-c4ccon4)cc3)C2C2CCN(C(=O)OC(C)(C)C)CC2)cc1. The number of hydrogen-bond acceptors (Lipinski definition) is 7. The maximum atomic E-state index is 13.5. The van der Waals surface area contributed by atoms with E-state index < -0.39 is 23.3 Å². The Morgan fingerprint density at radius 1 is 1.00 bits per heavy atom. The summed E-state index contributed by atoms with van der Waals surface area (Å²) in [5.74, 6) is -1.79. The van der Waals surface area contributed by atoms with Gasteiger partial charge in [-0.15, -0.1) is 0 Å². The van der Waals surface area contributed by atoms with Crippen molar-refractivity contribution in [2.24, 2.45) is 5.92 Å². The van der Waals surface area contributed by atoms with E-state index in [0.717, 1.165) is 11.1 Å². The van der Waals surface area contributed by atoms with E-state index in [0.29, 0.717) is 42.9 Å². The van der Waals surface area contributed by atoms with Crippen molar-refractivity contribution in [1.82, 2.24) is 10.1 Å². The monoisotopic (exact) mass is 543 g/mol. The van der Waals surface area contributed by atoms with E-state index >= 15 is 0 Å². The molecular formula is C31H33N3O6. The number of carbonyl (C=O) groups is 3. The number of aromatic nitrogens is 1. The summed E-state index contributed by atoms with van der Waals surface area (Å²) in [6.07, 6.45) is 2.16. The number of ketones is 1. The summed E-state index contributed by atoms with van der Waals surface area (Å²) < 4.78 is 10.5. The third-order valence-corrected chi connectivity index (χ3v) is 7.33. The predicted octanol–water partition coefficient (Wildman–Crippen LogP) is 5.55. The Labute approximate surface area is 233 Å². The molecule has 2 saturated heterocycles. The Kier molecular flexibility index (Phi) is 7.23. The molecule has 3 aromatic rings. The average Bonchev–Trinajstić information content (AvgIpc) is 3.55. The van der Waals surface area contributed by atoms with Crippen molar-refractivity contribution in [1.29, 1.82) is 0 Å². The fourth-order valence-electron chi connectivity index (χ4n) is 5.33. The molecule has 1 aromatic heterocycles. The summed E-state index contributed by atoms with van der Waals surface area (Å²) in [7, 11) is 0. The number of ether oxygens (including phenoxy) is 1. The molecule has 40 heavy (non-hydrogen) atoms. The van der Waals surface area contributed by atoms with Crippen molar-refractivity contribution in [2.45, 2.75) is 52.2 Å². The average molecular weight is 544 g/mol. The lowest BCUT2D eigenvalue weighted by Gasteiger charge is -2.38. The molecular weight excluding hydrogens is 510 g/mol. The molecule has 2 aliphatic heterocycles. The molecule has 9 heteroatoms. The number of carbonyl (C=O) groups excluding carboxylic acids is 3. The van der Waals surface area contributed by atoms with Gasteiger partial charge in [0.25, 0.3) is 11.7 Å². The zero-order chi connectivity index (χ0) is 28.6. The van der Waals surface area contributed by atoms with Gasteiger partial charge in [0.2, 0.25) is 0 Å². The minimum absolute atomic E-state index is 0.0881. The van der Waals surface area contributed by atoms with Gasteiger partial charge in [0.1, 0.15) is 23.3 Å². The molecule has 208 valence electrons. The summed E-state index contributed by atoms with van der Waals surface area (Å²) in [5, 5.41) is 15.3. The Hall–Kier alpha value is -4.40. The van der Waals surface area contributed by atoms with Crippen molar-refractivity contribution >= 4 is 29.2 Å². The number of piperidine rings is 1. The van der Waals surface area contributed by atoms with Crippen molar-refractivity contribution in [3.63, 3.8) is 0 Å². The number of aliphatic hydroxyl groups is 1. The largest absolute Gasteiger partial charge is 0.507 e. The molecule has 5 rings (SSSR count). The molecule has 1 atom stereocenters. The van der Waals surface area contributed by atoms with Gasteiger partial charge in [0, 0.05) is 36.0 Å². The lowest BCUT2D eigenvalue weighted by molar-refractivity contribution is -0.132. The van der Waals surface area contributed by atoms with E-state index in [9.17, 15) is 19.5 Å². The lowest BCUT2D eigenvalue weighted by atomic mass is 9.84. The van der Waals surface area contributed by atoms with Crippen LogP contribution in [0.2, 0.25) is 0 Å². The highest BCUT2D eigenvalue weighted by Crippen LogP contribution is 2.40. The molecule has 3 heterocycles. The van der Waals surface area contributed by atoms with Crippen LogP contribution in [0.15, 0.2) is 71.0 Å². The van der Waals surface area contributed by atoms with Gasteiger partial charge in [-0.2, -0.15) is 0 Å². The number of nitrogens with zero attached hydrogens (tertiary/aromatic N) is 3. The smallest absolute Gasteiger partial charge is 0.410 e. The molecule has 1 unspecified atom stereocenters. The number of benzene rings is 2. The summed E-state index contributed by atoms with van der Waals surface area (Å²) >= 11 is 0. The van der Waals surface area contributed by atoms with Crippen molar-refractivity contribution in [3.05, 3.63) is 77.6 Å². The van der Waals surface area contributed by atoms with Gasteiger partial charge >= 0.3 is 6.09 Å². The highest BCUT2D eigenvalue weighted by molar-refractivity contribution is 6.51. The fourth-order valence-corrected chi connectivity index (χ4v) is 5.33. The first-order valence-electron chi connectivity index (χ1n) is 13.4. The van der Waals surface area contributed by atoms with E-state index in [2.05, 4.69) is 5.16 Å². The minimum atomic E-state index is -0.724. The number of anilines is 1. The standard InChI is InChI=1S/C31H33N3O6/c1-19-5-7-22(8-6-19)27(35)25-26(21-13-16-33(17-14-21)30(38)40-31(2,3)4)34(29(37)28(25)36)23-11-9-20(10-12-23)24-15-18-39-32-24/h5-12,15,18,21,26,35H,13-14,16-17H2,1-4H3/b27-25-. The molecule has 0 saturated carbocycles. The number of amides is 2. The molecule has 0 spiro atoms. The minimum Gasteiger partial charge on any atom is -0.507 e. The van der Waals surface area contributed by atoms with E-state index in [1.165, 1.54) is 11.2 Å². The van der Waals surface area contributed by atoms with Crippen molar-refractivity contribution in [2.75, 3.05) is 18.0 Å². The van der Waals surface area contributed by atoms with Crippen LogP contribution >= 0.6 is 0 Å². The van der Waals surface area contributed by atoms with Crippen molar-refractivity contribution in [3.8, 4) is 11.3 Å². The fraction of sp³-hybridized carbons (Fsp3) is 0.355. The summed E-state index contributed by atoms with van der Waals surface area (Å²) in [6.45, 7) is 8.23. The first kappa shape index (κ1) is 27.2. The van der Waals surface area contributed by atoms with Crippen LogP contribution in [0.3, 0.4) is 0 Å². The van der Waals surface area contributed by atoms with Crippen LogP contribution in [0.5, 0.6) is 0 Å². The van der Waals surface area contributed by atoms with E-state index in [1.807, 2.05) is 52.0 Å². The highest BCUT2D eigenvalue weighted by atomic mass is 16.6. The molecule has 2 aliphatic rings. The third kappa shape index (κ3) is 5.36. The van der Waals surface area contributed by atoms with E-state index in [1.54, 1.807) is 35.2 Å². The van der Waals surface area contributed by atoms with Gasteiger partial charge in [-0.1, -0.05) is 47.1 Å². The first-order valence-corrected chi connectivity index (χ1v) is 13.4. The van der Waals surface area contributed by atoms with Crippen LogP contribution in [-0.4, -0.2) is 57.7 Å². The number of aliphatic hydroxyl groups excluding tert-OH is 1. The second kappa shape index (κ2) is 10.6. The Bertz CT molecular complexity index is 1430. The van der Waals surface area contributed by atoms with Crippen LogP contribution in [0, 0.1) is 12.8 Å². The lowest BCUT2D eigenvalue weighted by Crippen LogP contribution is -2.47. The molecule has 0 radical (unpaired) electrons. The van der Waals surface area contributed by atoms with E-state index in [-0.39, 0.29) is 23.3 Å². The molecule has 0 bridgehead atoms. The molecule has 2 amide bonds. The number of rotatable bonds is 4. The maximum absolute atomic E-state index is 13.5. The van der Waals surface area contributed by atoms with Gasteiger partial charge in [-0.25, -0.2) is 4.79 Å². The first-order chi connectivity index (χ1) is 19.0. The third-order valence-electron chi connectivity index (χ3n) is 7.33. The highest BCUT2D eigenvalue weighted by Gasteiger charge is 2.50. The second-order valence-corrected chi connectivity index (χ2v) is 11.3. The normalized spacial score (nSPS) is 19.8. The molecule has 1 N–H and O–H groups in total. The van der Waals surface area contributed by atoms with Gasteiger partial charge in [0.15, 0.2) is 0 Å². The second-order valence-electron chi connectivity index (χ2n) is 11.3. The van der Waals surface area contributed by atoms with Crippen LogP contribution in [0.1, 0.15) is 44.7 Å². The van der Waals surface area contributed by atoms with Crippen LogP contribution in [0.4, 0.5) is 10.5 Å². The molecule has 2 fully saturated rings. The quantitative estimate of drug-likeness (QED) is 0.261. The van der Waals surface area contributed by atoms with Crippen molar-refractivity contribution < 1.29 is 28.8 Å². The zero-order valence-corrected chi connectivity index (χ0v) is 23.1. The van der Waals surface area contributed by atoms with Crippen LogP contribution in [0.25, 0.3) is 17.0 Å². The number of Topliss-reactive ketones (excluding diaryl/α,β-unsaturated/α-hetero) is 1. The number of aryl methyl sites for hydroxylation is 1. The summed E-state index contributed by atoms with van der Waals surface area (Å²) in [5.41, 5.74) is 2.96. The topological polar surface area (TPSA) is 113 Å². The predicted molar refractivity (Wildman–Crippen MR) is 149 cm³/mol. The molecule has 9 nitrogen and oxygen atoms in total. The Morgan fingerprint density at radius 2 is 1.65 bits per heavy atom. The van der Waals surface area contributed by atoms with E-state index in [4.69, 9.17) is 9.26 Å². The van der Waals surface area contributed by atoms with Gasteiger partial charge in [0.05, 0.1) is 11.6 Å². The van der Waals surface area contributed by atoms with Gasteiger partial charge < -0.3 is 19.3 Å². The Morgan fingerprint density at radius 3 is 2.23 bits per heavy atom. The number of likely N-dealkylation sites (tertiary alicyclic amines) is 1. The number of hydrogen-bond donors (Lipinski definition) is 1. The zero-order valence-electron chi connectivity index (χ0n) is 23.1. The molecule has 2 aromatic carbocycles. The summed E-state index contributed by atoms with van der Waals surface area (Å²) in [6, 6.07) is 15.4. The van der Waals surface area contributed by atoms with Crippen LogP contribution < -0.4 is 4.90 Å². The summed E-state index contributed by atoms with van der Waals surface area (Å²) in [4.78, 5) is 42.8. The maximum Gasteiger partial charge on any atom is 0.410 e. The van der Waals surface area contributed by atoms with Crippen LogP contribution in [-0.2, 0) is 14.3 Å². The Balaban J connectivity index is 1.50. The molecule has 0 aliphatic carbocycles. The van der Waals surface area contributed by atoms with Gasteiger partial charge in [-0.05, 0) is 58.6 Å².